The van der Waals surface area contributed by atoms with Crippen LogP contribution in [0.2, 0.25) is 0 Å². The van der Waals surface area contributed by atoms with Gasteiger partial charge < -0.3 is 43.8 Å². The molecule has 2 aromatic heterocycles. The van der Waals surface area contributed by atoms with Crippen molar-refractivity contribution in [2.24, 2.45) is 0 Å². The van der Waals surface area contributed by atoms with Gasteiger partial charge in [0.2, 0.25) is 11.9 Å². The number of fused-ring (bicyclic) bond motifs is 2. The largest absolute Gasteiger partial charge is 0.481 e. The fourth-order valence-corrected chi connectivity index (χ4v) is 5.63. The molecular formula is C36H33N11O6. The monoisotopic (exact) mass is 715 g/mol. The number of hydrogen-bond acceptors (Lipinski definition) is 14. The van der Waals surface area contributed by atoms with Gasteiger partial charge in [0.15, 0.2) is 0 Å². The summed E-state index contributed by atoms with van der Waals surface area (Å²) in [5, 5.41) is 27.1. The van der Waals surface area contributed by atoms with Crippen molar-refractivity contribution in [3.63, 3.8) is 0 Å². The Balaban J connectivity index is 1.17. The predicted octanol–water partition coefficient (Wildman–Crippen LogP) is 3.34. The first-order valence-corrected chi connectivity index (χ1v) is 16.0. The van der Waals surface area contributed by atoms with E-state index in [4.69, 9.17) is 22.9 Å². The molecule has 0 aliphatic carbocycles. The quantitative estimate of drug-likeness (QED) is 0.0843. The minimum Gasteiger partial charge on any atom is -0.481 e. The molecule has 2 heterocycles. The number of carboxylic acids is 2. The van der Waals surface area contributed by atoms with Gasteiger partial charge in [0.05, 0.1) is 17.5 Å². The lowest BCUT2D eigenvalue weighted by Gasteiger charge is -2.26. The Hall–Kier alpha value is -7.56. The van der Waals surface area contributed by atoms with E-state index in [9.17, 15) is 29.4 Å². The first-order chi connectivity index (χ1) is 25.4. The molecule has 0 aliphatic heterocycles. The number of hydrogen-bond donors (Lipinski definition) is 8. The Morgan fingerprint density at radius 2 is 1.02 bits per heavy atom. The summed E-state index contributed by atoms with van der Waals surface area (Å²) in [6.45, 7) is 0.729. The van der Waals surface area contributed by atoms with Crippen LogP contribution in [0.1, 0.15) is 38.3 Å². The molecule has 0 saturated heterocycles. The molecule has 0 bridgehead atoms. The van der Waals surface area contributed by atoms with E-state index in [2.05, 4.69) is 30.6 Å². The Labute approximate surface area is 300 Å². The van der Waals surface area contributed by atoms with Crippen LogP contribution >= 0.6 is 0 Å². The maximum atomic E-state index is 13.8. The summed E-state index contributed by atoms with van der Waals surface area (Å²) in [4.78, 5) is 68.2. The van der Waals surface area contributed by atoms with Crippen LogP contribution in [0, 0.1) is 0 Å². The van der Waals surface area contributed by atoms with Crippen LogP contribution in [0.5, 0.6) is 0 Å². The van der Waals surface area contributed by atoms with E-state index in [0.29, 0.717) is 51.2 Å². The molecule has 0 radical (unpaired) electrons. The van der Waals surface area contributed by atoms with Crippen LogP contribution in [-0.4, -0.2) is 64.8 Å². The molecule has 0 fully saturated rings. The van der Waals surface area contributed by atoms with E-state index in [1.807, 2.05) is 24.3 Å². The van der Waals surface area contributed by atoms with Gasteiger partial charge in [0, 0.05) is 46.4 Å². The second-order valence-corrected chi connectivity index (χ2v) is 11.9. The van der Waals surface area contributed by atoms with Crippen molar-refractivity contribution in [3.8, 4) is 0 Å². The van der Waals surface area contributed by atoms with Crippen molar-refractivity contribution >= 4 is 80.5 Å². The summed E-state index contributed by atoms with van der Waals surface area (Å²) < 4.78 is 0. The van der Waals surface area contributed by atoms with Crippen molar-refractivity contribution in [2.75, 3.05) is 33.6 Å². The Morgan fingerprint density at radius 1 is 0.604 bits per heavy atom. The highest BCUT2D eigenvalue weighted by molar-refractivity contribution is 6.13. The highest BCUT2D eigenvalue weighted by Gasteiger charge is 2.37. The zero-order chi connectivity index (χ0) is 37.8. The highest BCUT2D eigenvalue weighted by Crippen LogP contribution is 2.24. The van der Waals surface area contributed by atoms with Crippen LogP contribution in [0.4, 0.5) is 34.9 Å². The number of nitrogens with two attached hydrogens (primary N) is 4. The van der Waals surface area contributed by atoms with E-state index in [1.165, 1.54) is 24.3 Å². The number of aliphatic carboxylic acids is 2. The van der Waals surface area contributed by atoms with Crippen molar-refractivity contribution < 1.29 is 29.4 Å². The normalized spacial score (nSPS) is 11.5. The number of anilines is 6. The fourth-order valence-electron chi connectivity index (χ4n) is 5.63. The van der Waals surface area contributed by atoms with Gasteiger partial charge in [-0.2, -0.15) is 9.97 Å². The molecule has 53 heavy (non-hydrogen) atoms. The Bertz CT molecular complexity index is 2240. The number of rotatable bonds is 12. The number of carbonyl (C=O) groups excluding carboxylic acids is 2. The lowest BCUT2D eigenvalue weighted by Crippen LogP contribution is -2.49. The predicted molar refractivity (Wildman–Crippen MR) is 198 cm³/mol. The Kier molecular flexibility index (Phi) is 9.81. The summed E-state index contributed by atoms with van der Waals surface area (Å²) in [6, 6.07) is 20.8. The molecule has 2 amide bonds. The molecule has 6 rings (SSSR count). The first kappa shape index (κ1) is 35.3. The molecule has 1 atom stereocenters. The summed E-state index contributed by atoms with van der Waals surface area (Å²) in [7, 11) is 0. The smallest absolute Gasteiger partial charge is 0.327 e. The van der Waals surface area contributed by atoms with E-state index in [0.717, 1.165) is 11.1 Å². The third kappa shape index (κ3) is 7.93. The molecule has 4 aromatic carbocycles. The molecule has 0 aliphatic rings. The molecule has 0 spiro atoms. The highest BCUT2D eigenvalue weighted by atomic mass is 16.4. The van der Waals surface area contributed by atoms with Crippen molar-refractivity contribution in [1.82, 2.24) is 24.8 Å². The van der Waals surface area contributed by atoms with Crippen LogP contribution in [0.3, 0.4) is 0 Å². The van der Waals surface area contributed by atoms with Crippen molar-refractivity contribution in [2.45, 2.75) is 25.6 Å². The maximum absolute atomic E-state index is 13.8. The third-order valence-electron chi connectivity index (χ3n) is 8.27. The number of nitrogen functional groups attached to an aromatic ring is 4. The van der Waals surface area contributed by atoms with Gasteiger partial charge in [-0.15, -0.1) is 0 Å². The number of carbonyl (C=O) groups is 4. The second-order valence-electron chi connectivity index (χ2n) is 11.9. The lowest BCUT2D eigenvalue weighted by atomic mass is 10.1. The second kappa shape index (κ2) is 14.7. The van der Waals surface area contributed by atoms with Crippen LogP contribution in [0.15, 0.2) is 84.9 Å². The van der Waals surface area contributed by atoms with E-state index in [-0.39, 0.29) is 34.7 Å². The van der Waals surface area contributed by atoms with Crippen LogP contribution in [-0.2, 0) is 22.7 Å². The topological polar surface area (TPSA) is 292 Å². The van der Waals surface area contributed by atoms with Crippen molar-refractivity contribution in [3.05, 3.63) is 107 Å². The molecule has 6 aromatic rings. The lowest BCUT2D eigenvalue weighted by molar-refractivity contribution is -0.147. The summed E-state index contributed by atoms with van der Waals surface area (Å²) in [5.74, 6) is -4.48. The maximum Gasteiger partial charge on any atom is 0.327 e. The van der Waals surface area contributed by atoms with Gasteiger partial charge in [0.1, 0.15) is 17.7 Å². The zero-order valence-electron chi connectivity index (χ0n) is 27.9. The van der Waals surface area contributed by atoms with Gasteiger partial charge in [-0.1, -0.05) is 12.1 Å². The SMILES string of the molecule is Nc1nc(N)c2cc(CNc3ccc(C(=O)N(C(=O)c4ccc(NCc5ccc6nc(N)nc(N)c6c5)cc4)[C@@H](CC(=O)O)C(=O)O)cc3)ccc2n1. The standard InChI is InChI=1S/C36H33N11O6/c37-30-24-13-18(1-11-26(24)43-35(39)45-30)16-41-22-7-3-20(4-8-22)32(50)47(28(34(52)53)15-29(48)49)33(51)21-5-9-23(10-6-21)42-17-19-2-12-27-25(14-19)31(38)46-36(40)44-27/h1-14,28,41-42H,15-17H2,(H,48,49)(H,52,53)(H4,37,39,43,45)(H4,38,40,44,46)/t28-/m0/s1. The first-order valence-electron chi connectivity index (χ1n) is 16.0. The molecule has 12 N–H and O–H groups in total. The number of nitrogens with one attached hydrogen (secondary N) is 2. The van der Waals surface area contributed by atoms with Crippen molar-refractivity contribution in [1.29, 1.82) is 0 Å². The summed E-state index contributed by atoms with van der Waals surface area (Å²) >= 11 is 0. The number of amides is 2. The molecule has 0 saturated carbocycles. The van der Waals surface area contributed by atoms with E-state index >= 15 is 0 Å². The molecule has 268 valence electrons. The van der Waals surface area contributed by atoms with Gasteiger partial charge in [-0.3, -0.25) is 19.3 Å². The number of nitrogens with zero attached hydrogens (tertiary/aromatic N) is 5. The molecule has 17 nitrogen and oxygen atoms in total. The minimum absolute atomic E-state index is 0.0313. The fraction of sp³-hybridized carbons (Fsp3) is 0.111. The zero-order valence-corrected chi connectivity index (χ0v) is 27.9. The number of carboxylic acid groups (broad SMARTS) is 2. The van der Waals surface area contributed by atoms with E-state index < -0.39 is 36.2 Å². The average molecular weight is 716 g/mol. The van der Waals surface area contributed by atoms with Gasteiger partial charge in [-0.05, 0) is 83.9 Å². The molecule has 17 heteroatoms. The van der Waals surface area contributed by atoms with Gasteiger partial charge in [-0.25, -0.2) is 14.8 Å². The number of aromatic nitrogens is 4. The molecular weight excluding hydrogens is 682 g/mol. The average Bonchev–Trinajstić information content (AvgIpc) is 3.13. The van der Waals surface area contributed by atoms with Gasteiger partial charge in [0.25, 0.3) is 11.8 Å². The summed E-state index contributed by atoms with van der Waals surface area (Å²) in [5.41, 5.74) is 27.4. The van der Waals surface area contributed by atoms with E-state index in [1.54, 1.807) is 36.4 Å². The Morgan fingerprint density at radius 3 is 1.40 bits per heavy atom. The van der Waals surface area contributed by atoms with Crippen LogP contribution < -0.4 is 33.6 Å². The van der Waals surface area contributed by atoms with Gasteiger partial charge >= 0.3 is 11.9 Å². The number of benzene rings is 4. The number of imide groups is 1. The summed E-state index contributed by atoms with van der Waals surface area (Å²) in [6.07, 6.45) is -1.01. The van der Waals surface area contributed by atoms with Crippen LogP contribution in [0.25, 0.3) is 21.8 Å². The molecule has 0 unspecified atom stereocenters. The third-order valence-corrected chi connectivity index (χ3v) is 8.27. The minimum atomic E-state index is -1.98.